The molecule has 0 saturated heterocycles. The molecule has 0 bridgehead atoms. The predicted molar refractivity (Wildman–Crippen MR) is 125 cm³/mol. The fourth-order valence-corrected chi connectivity index (χ4v) is 3.03. The molecule has 0 aliphatic rings. The molecule has 0 fully saturated rings. The van der Waals surface area contributed by atoms with E-state index in [4.69, 9.17) is 14.2 Å². The molecule has 1 aromatic carbocycles. The van der Waals surface area contributed by atoms with Crippen molar-refractivity contribution in [3.63, 3.8) is 0 Å². The number of ether oxygens (including phenoxy) is 3. The second-order valence-electron chi connectivity index (χ2n) is 8.37. The Labute approximate surface area is 206 Å². The molecular formula is C23H31F3N4O6. The maximum atomic E-state index is 12.4. The molecule has 0 amide bonds. The lowest BCUT2D eigenvalue weighted by atomic mass is 10.1. The molecular weight excluding hydrogens is 485 g/mol. The third-order valence-corrected chi connectivity index (χ3v) is 4.91. The van der Waals surface area contributed by atoms with Crippen LogP contribution in [-0.2, 0) is 23.1 Å². The summed E-state index contributed by atoms with van der Waals surface area (Å²) in [5.41, 5.74) is -2.60. The molecule has 0 unspecified atom stereocenters. The highest BCUT2D eigenvalue weighted by Crippen LogP contribution is 2.23. The van der Waals surface area contributed by atoms with Gasteiger partial charge in [-0.15, -0.1) is 5.10 Å². The Bertz CT molecular complexity index is 1130. The number of alkyl halides is 3. The summed E-state index contributed by atoms with van der Waals surface area (Å²) < 4.78 is 55.1. The SMILES string of the molecule is CCOC(=O)C(C)(C)Oc1ccc(OCCCNc2nn(CCCC(F)(F)F)c(=O)n(C)c2=O)cc1. The van der Waals surface area contributed by atoms with Crippen molar-refractivity contribution in [2.75, 3.05) is 25.1 Å². The highest BCUT2D eigenvalue weighted by atomic mass is 19.4. The van der Waals surface area contributed by atoms with Crippen molar-refractivity contribution in [1.82, 2.24) is 14.3 Å². The van der Waals surface area contributed by atoms with Gasteiger partial charge >= 0.3 is 17.8 Å². The van der Waals surface area contributed by atoms with Crippen molar-refractivity contribution >= 4 is 11.8 Å². The molecule has 0 radical (unpaired) electrons. The maximum Gasteiger partial charge on any atom is 0.389 e. The van der Waals surface area contributed by atoms with E-state index in [2.05, 4.69) is 10.4 Å². The number of carbonyl (C=O) groups excluding carboxylic acids is 1. The Kier molecular flexibility index (Phi) is 9.93. The van der Waals surface area contributed by atoms with Crippen LogP contribution in [0, 0.1) is 0 Å². The molecule has 0 spiro atoms. The molecule has 1 aromatic heterocycles. The molecule has 1 N–H and O–H groups in total. The number of hydrogen-bond donors (Lipinski definition) is 1. The topological polar surface area (TPSA) is 114 Å². The number of anilines is 1. The van der Waals surface area contributed by atoms with Crippen LogP contribution in [0.2, 0.25) is 0 Å². The number of aryl methyl sites for hydroxylation is 1. The lowest BCUT2D eigenvalue weighted by molar-refractivity contribution is -0.158. The second-order valence-corrected chi connectivity index (χ2v) is 8.37. The fraction of sp³-hybridized carbons (Fsp3) is 0.565. The average Bonchev–Trinajstić information content (AvgIpc) is 2.80. The van der Waals surface area contributed by atoms with Crippen LogP contribution in [0.4, 0.5) is 19.0 Å². The minimum atomic E-state index is -4.34. The van der Waals surface area contributed by atoms with Crippen LogP contribution < -0.4 is 26.0 Å². The molecule has 200 valence electrons. The van der Waals surface area contributed by atoms with Gasteiger partial charge in [-0.05, 0) is 57.9 Å². The molecule has 10 nitrogen and oxygen atoms in total. The fourth-order valence-electron chi connectivity index (χ4n) is 3.03. The van der Waals surface area contributed by atoms with Gasteiger partial charge in [0.05, 0.1) is 13.2 Å². The van der Waals surface area contributed by atoms with Crippen molar-refractivity contribution in [2.24, 2.45) is 7.05 Å². The van der Waals surface area contributed by atoms with E-state index in [1.165, 1.54) is 7.05 Å². The summed E-state index contributed by atoms with van der Waals surface area (Å²) in [6.45, 7) is 5.49. The molecule has 1 heterocycles. The number of halogens is 3. The number of aromatic nitrogens is 3. The van der Waals surface area contributed by atoms with E-state index >= 15 is 0 Å². The highest BCUT2D eigenvalue weighted by Gasteiger charge is 2.31. The van der Waals surface area contributed by atoms with Crippen LogP contribution in [0.15, 0.2) is 33.9 Å². The van der Waals surface area contributed by atoms with Crippen molar-refractivity contribution < 1.29 is 32.2 Å². The van der Waals surface area contributed by atoms with Gasteiger partial charge in [0.2, 0.25) is 5.82 Å². The quantitative estimate of drug-likeness (QED) is 0.319. The smallest absolute Gasteiger partial charge is 0.389 e. The molecule has 0 atom stereocenters. The van der Waals surface area contributed by atoms with Crippen molar-refractivity contribution in [3.05, 3.63) is 45.1 Å². The van der Waals surface area contributed by atoms with Gasteiger partial charge in [-0.3, -0.25) is 9.36 Å². The molecule has 0 aliphatic heterocycles. The highest BCUT2D eigenvalue weighted by molar-refractivity contribution is 5.79. The first-order chi connectivity index (χ1) is 16.8. The zero-order valence-electron chi connectivity index (χ0n) is 20.7. The van der Waals surface area contributed by atoms with Crippen LogP contribution in [0.25, 0.3) is 0 Å². The van der Waals surface area contributed by atoms with Gasteiger partial charge in [-0.1, -0.05) is 0 Å². The zero-order chi connectivity index (χ0) is 26.9. The number of rotatable bonds is 13. The van der Waals surface area contributed by atoms with Gasteiger partial charge in [0, 0.05) is 26.6 Å². The Morgan fingerprint density at radius 2 is 1.72 bits per heavy atom. The first-order valence-electron chi connectivity index (χ1n) is 11.4. The number of nitrogens with one attached hydrogen (secondary N) is 1. The lowest BCUT2D eigenvalue weighted by Crippen LogP contribution is -2.41. The summed E-state index contributed by atoms with van der Waals surface area (Å²) in [6, 6.07) is 6.67. The van der Waals surface area contributed by atoms with E-state index in [9.17, 15) is 27.6 Å². The minimum absolute atomic E-state index is 0.130. The van der Waals surface area contributed by atoms with E-state index < -0.39 is 35.4 Å². The van der Waals surface area contributed by atoms with E-state index in [0.717, 1.165) is 9.25 Å². The van der Waals surface area contributed by atoms with Crippen molar-refractivity contribution in [1.29, 1.82) is 0 Å². The largest absolute Gasteiger partial charge is 0.494 e. The van der Waals surface area contributed by atoms with E-state index in [-0.39, 0.29) is 38.5 Å². The number of nitrogens with zero attached hydrogens (tertiary/aromatic N) is 3. The molecule has 36 heavy (non-hydrogen) atoms. The Hall–Kier alpha value is -3.51. The third-order valence-electron chi connectivity index (χ3n) is 4.91. The van der Waals surface area contributed by atoms with Crippen LogP contribution in [0.3, 0.4) is 0 Å². The van der Waals surface area contributed by atoms with E-state index in [1.807, 2.05) is 0 Å². The van der Waals surface area contributed by atoms with Gasteiger partial charge in [0.1, 0.15) is 11.5 Å². The van der Waals surface area contributed by atoms with Crippen molar-refractivity contribution in [3.8, 4) is 11.5 Å². The van der Waals surface area contributed by atoms with Crippen LogP contribution in [0.1, 0.15) is 40.0 Å². The summed E-state index contributed by atoms with van der Waals surface area (Å²) >= 11 is 0. The standard InChI is InChI=1S/C23H31F3N4O6/c1-5-34-20(32)22(2,3)36-17-10-8-16(9-11-17)35-15-7-13-27-18-19(31)29(4)21(33)30(28-18)14-6-12-23(24,25)26/h8-11H,5-7,12-15H2,1-4H3,(H,27,28). The summed E-state index contributed by atoms with van der Waals surface area (Å²) in [5, 5.41) is 6.68. The summed E-state index contributed by atoms with van der Waals surface area (Å²) in [6.07, 6.45) is -5.25. The molecule has 2 rings (SSSR count). The Morgan fingerprint density at radius 3 is 2.33 bits per heavy atom. The zero-order valence-corrected chi connectivity index (χ0v) is 20.7. The normalized spacial score (nSPS) is 11.8. The van der Waals surface area contributed by atoms with Gasteiger partial charge < -0.3 is 19.5 Å². The molecule has 2 aromatic rings. The summed E-state index contributed by atoms with van der Waals surface area (Å²) in [4.78, 5) is 36.3. The first-order valence-corrected chi connectivity index (χ1v) is 11.4. The van der Waals surface area contributed by atoms with Gasteiger partial charge in [-0.2, -0.15) is 13.2 Å². The third kappa shape index (κ3) is 8.61. The lowest BCUT2D eigenvalue weighted by Gasteiger charge is -2.24. The average molecular weight is 517 g/mol. The van der Waals surface area contributed by atoms with Gasteiger partial charge in [0.15, 0.2) is 5.60 Å². The Balaban J connectivity index is 1.85. The summed E-state index contributed by atoms with van der Waals surface area (Å²) in [5.74, 6) is 0.423. The van der Waals surface area contributed by atoms with Crippen LogP contribution >= 0.6 is 0 Å². The number of esters is 1. The minimum Gasteiger partial charge on any atom is -0.494 e. The van der Waals surface area contributed by atoms with Crippen LogP contribution in [-0.4, -0.2) is 51.9 Å². The number of hydrogen-bond acceptors (Lipinski definition) is 8. The maximum absolute atomic E-state index is 12.4. The van der Waals surface area contributed by atoms with Gasteiger partial charge in [-0.25, -0.2) is 14.3 Å². The second kappa shape index (κ2) is 12.5. The Morgan fingerprint density at radius 1 is 1.08 bits per heavy atom. The number of benzene rings is 1. The molecule has 0 aliphatic carbocycles. The monoisotopic (exact) mass is 516 g/mol. The van der Waals surface area contributed by atoms with Crippen LogP contribution in [0.5, 0.6) is 11.5 Å². The first kappa shape index (κ1) is 28.7. The van der Waals surface area contributed by atoms with Gasteiger partial charge in [0.25, 0.3) is 5.56 Å². The predicted octanol–water partition coefficient (Wildman–Crippen LogP) is 2.89. The molecule has 13 heteroatoms. The van der Waals surface area contributed by atoms with E-state index in [1.54, 1.807) is 45.0 Å². The van der Waals surface area contributed by atoms with Crippen molar-refractivity contribution in [2.45, 2.75) is 58.4 Å². The summed E-state index contributed by atoms with van der Waals surface area (Å²) in [7, 11) is 1.24. The number of carbonyl (C=O) groups is 1. The van der Waals surface area contributed by atoms with E-state index in [0.29, 0.717) is 17.9 Å². The molecule has 0 saturated carbocycles.